The fourth-order valence-electron chi connectivity index (χ4n) is 2.47. The number of carbonyl (C=O) groups is 1. The maximum Gasteiger partial charge on any atom is 0.238 e. The van der Waals surface area contributed by atoms with Crippen LogP contribution >= 0.6 is 11.6 Å². The van der Waals surface area contributed by atoms with Gasteiger partial charge >= 0.3 is 0 Å². The fourth-order valence-corrected chi connectivity index (χ4v) is 2.60. The standard InChI is InChI=1S/C16H23ClN2O2/c17-13-6-8-14(9-7-13)19-16(20)12-18-10-11-21-15-4-2-1-3-5-15/h6-9,15,18H,1-5,10-12H2,(H,19,20). The molecule has 1 fully saturated rings. The van der Waals surface area contributed by atoms with Gasteiger partial charge in [-0.05, 0) is 37.1 Å². The van der Waals surface area contributed by atoms with Crippen LogP contribution in [0.15, 0.2) is 24.3 Å². The first-order valence-electron chi connectivity index (χ1n) is 7.62. The lowest BCUT2D eigenvalue weighted by atomic mass is 9.98. The Labute approximate surface area is 131 Å². The number of nitrogens with one attached hydrogen (secondary N) is 2. The predicted octanol–water partition coefficient (Wildman–Crippen LogP) is 3.22. The molecule has 0 atom stereocenters. The molecule has 5 heteroatoms. The largest absolute Gasteiger partial charge is 0.377 e. The normalized spacial score (nSPS) is 15.9. The first-order valence-corrected chi connectivity index (χ1v) is 7.99. The lowest BCUT2D eigenvalue weighted by Gasteiger charge is -2.21. The van der Waals surface area contributed by atoms with Crippen molar-refractivity contribution in [2.24, 2.45) is 0 Å². The molecule has 0 heterocycles. The van der Waals surface area contributed by atoms with Crippen molar-refractivity contribution in [1.29, 1.82) is 0 Å². The Balaban J connectivity index is 1.53. The lowest BCUT2D eigenvalue weighted by molar-refractivity contribution is -0.115. The number of amides is 1. The van der Waals surface area contributed by atoms with Crippen LogP contribution < -0.4 is 10.6 Å². The molecule has 1 amide bonds. The first kappa shape index (κ1) is 16.3. The number of ether oxygens (including phenoxy) is 1. The van der Waals surface area contributed by atoms with E-state index in [1.165, 1.54) is 32.1 Å². The van der Waals surface area contributed by atoms with Crippen molar-refractivity contribution in [3.8, 4) is 0 Å². The van der Waals surface area contributed by atoms with Crippen LogP contribution in [0.3, 0.4) is 0 Å². The second-order valence-corrected chi connectivity index (χ2v) is 5.80. The Morgan fingerprint density at radius 3 is 2.62 bits per heavy atom. The van der Waals surface area contributed by atoms with E-state index in [4.69, 9.17) is 16.3 Å². The van der Waals surface area contributed by atoms with E-state index in [1.807, 2.05) is 0 Å². The predicted molar refractivity (Wildman–Crippen MR) is 85.8 cm³/mol. The van der Waals surface area contributed by atoms with Crippen molar-refractivity contribution in [3.63, 3.8) is 0 Å². The van der Waals surface area contributed by atoms with Crippen molar-refractivity contribution in [1.82, 2.24) is 5.32 Å². The van der Waals surface area contributed by atoms with Gasteiger partial charge in [-0.1, -0.05) is 30.9 Å². The Hall–Kier alpha value is -1.10. The molecule has 0 spiro atoms. The average molecular weight is 311 g/mol. The van der Waals surface area contributed by atoms with Gasteiger partial charge in [0, 0.05) is 17.3 Å². The van der Waals surface area contributed by atoms with Crippen LogP contribution in [0.25, 0.3) is 0 Å². The van der Waals surface area contributed by atoms with Crippen molar-refractivity contribution in [2.45, 2.75) is 38.2 Å². The summed E-state index contributed by atoms with van der Waals surface area (Å²) in [6, 6.07) is 7.07. The van der Waals surface area contributed by atoms with E-state index in [0.717, 1.165) is 5.69 Å². The molecule has 1 aromatic carbocycles. The van der Waals surface area contributed by atoms with Gasteiger partial charge < -0.3 is 15.4 Å². The number of anilines is 1. The zero-order valence-corrected chi connectivity index (χ0v) is 13.0. The Bertz CT molecular complexity index is 430. The van der Waals surface area contributed by atoms with Crippen molar-refractivity contribution in [3.05, 3.63) is 29.3 Å². The minimum atomic E-state index is -0.0602. The Morgan fingerprint density at radius 2 is 1.90 bits per heavy atom. The molecule has 0 aromatic heterocycles. The van der Waals surface area contributed by atoms with Gasteiger partial charge in [-0.2, -0.15) is 0 Å². The highest BCUT2D eigenvalue weighted by Gasteiger charge is 2.13. The van der Waals surface area contributed by atoms with Crippen molar-refractivity contribution < 1.29 is 9.53 Å². The highest BCUT2D eigenvalue weighted by Crippen LogP contribution is 2.19. The van der Waals surface area contributed by atoms with Gasteiger partial charge in [0.2, 0.25) is 5.91 Å². The minimum absolute atomic E-state index is 0.0602. The van der Waals surface area contributed by atoms with Gasteiger partial charge in [-0.3, -0.25) is 4.79 Å². The summed E-state index contributed by atoms with van der Waals surface area (Å²) in [6.45, 7) is 1.65. The van der Waals surface area contributed by atoms with Crippen LogP contribution in [0.5, 0.6) is 0 Å². The van der Waals surface area contributed by atoms with E-state index >= 15 is 0 Å². The van der Waals surface area contributed by atoms with Crippen molar-refractivity contribution in [2.75, 3.05) is 25.0 Å². The van der Waals surface area contributed by atoms with Gasteiger partial charge in [0.25, 0.3) is 0 Å². The molecule has 0 radical (unpaired) electrons. The van der Waals surface area contributed by atoms with Gasteiger partial charge in [0.15, 0.2) is 0 Å². The topological polar surface area (TPSA) is 50.4 Å². The quantitative estimate of drug-likeness (QED) is 0.760. The number of halogens is 1. The molecule has 116 valence electrons. The molecular formula is C16H23ClN2O2. The van der Waals surface area contributed by atoms with E-state index in [-0.39, 0.29) is 12.5 Å². The number of benzene rings is 1. The highest BCUT2D eigenvalue weighted by molar-refractivity contribution is 6.30. The van der Waals surface area contributed by atoms with Crippen LogP contribution in [0.2, 0.25) is 5.02 Å². The highest BCUT2D eigenvalue weighted by atomic mass is 35.5. The summed E-state index contributed by atoms with van der Waals surface area (Å²) >= 11 is 5.79. The first-order chi connectivity index (χ1) is 10.2. The molecule has 0 aliphatic heterocycles. The SMILES string of the molecule is O=C(CNCCOC1CCCCC1)Nc1ccc(Cl)cc1. The Kier molecular flexibility index (Phi) is 7.00. The molecule has 0 bridgehead atoms. The zero-order chi connectivity index (χ0) is 14.9. The van der Waals surface area contributed by atoms with Crippen LogP contribution in [0.1, 0.15) is 32.1 Å². The van der Waals surface area contributed by atoms with E-state index in [0.29, 0.717) is 24.3 Å². The van der Waals surface area contributed by atoms with E-state index in [9.17, 15) is 4.79 Å². The molecule has 1 aromatic rings. The van der Waals surface area contributed by atoms with Crippen LogP contribution in [0.4, 0.5) is 5.69 Å². The van der Waals surface area contributed by atoms with Gasteiger partial charge in [-0.25, -0.2) is 0 Å². The molecule has 1 aliphatic rings. The van der Waals surface area contributed by atoms with Crippen LogP contribution in [0, 0.1) is 0 Å². The molecule has 21 heavy (non-hydrogen) atoms. The molecule has 0 unspecified atom stereocenters. The van der Waals surface area contributed by atoms with Gasteiger partial charge in [0.05, 0.1) is 19.3 Å². The van der Waals surface area contributed by atoms with Crippen molar-refractivity contribution >= 4 is 23.2 Å². The van der Waals surface area contributed by atoms with E-state index < -0.39 is 0 Å². The molecular weight excluding hydrogens is 288 g/mol. The second kappa shape index (κ2) is 9.03. The maximum absolute atomic E-state index is 11.7. The zero-order valence-electron chi connectivity index (χ0n) is 12.2. The molecule has 1 saturated carbocycles. The van der Waals surface area contributed by atoms with E-state index in [1.54, 1.807) is 24.3 Å². The third kappa shape index (κ3) is 6.46. The Morgan fingerprint density at radius 1 is 1.19 bits per heavy atom. The maximum atomic E-state index is 11.7. The fraction of sp³-hybridized carbons (Fsp3) is 0.562. The summed E-state index contributed by atoms with van der Waals surface area (Å²) in [4.78, 5) is 11.7. The monoisotopic (exact) mass is 310 g/mol. The third-order valence-corrected chi connectivity index (χ3v) is 3.85. The van der Waals surface area contributed by atoms with Crippen LogP contribution in [-0.2, 0) is 9.53 Å². The average Bonchev–Trinajstić information content (AvgIpc) is 2.50. The molecule has 4 nitrogen and oxygen atoms in total. The summed E-state index contributed by atoms with van der Waals surface area (Å²) < 4.78 is 5.79. The number of hydrogen-bond donors (Lipinski definition) is 2. The summed E-state index contributed by atoms with van der Waals surface area (Å²) in [5.41, 5.74) is 0.754. The molecule has 1 aliphatic carbocycles. The van der Waals surface area contributed by atoms with Gasteiger partial charge in [0.1, 0.15) is 0 Å². The number of hydrogen-bond acceptors (Lipinski definition) is 3. The van der Waals surface area contributed by atoms with E-state index in [2.05, 4.69) is 10.6 Å². The second-order valence-electron chi connectivity index (χ2n) is 5.36. The number of carbonyl (C=O) groups excluding carboxylic acids is 1. The van der Waals surface area contributed by atoms with Gasteiger partial charge in [-0.15, -0.1) is 0 Å². The van der Waals surface area contributed by atoms with Crippen LogP contribution in [-0.4, -0.2) is 31.7 Å². The number of rotatable bonds is 7. The summed E-state index contributed by atoms with van der Waals surface area (Å²) in [7, 11) is 0. The summed E-state index contributed by atoms with van der Waals surface area (Å²) in [5, 5.41) is 6.56. The lowest BCUT2D eigenvalue weighted by Crippen LogP contribution is -2.31. The molecule has 2 N–H and O–H groups in total. The smallest absolute Gasteiger partial charge is 0.238 e. The molecule has 2 rings (SSSR count). The molecule has 0 saturated heterocycles. The third-order valence-electron chi connectivity index (χ3n) is 3.60. The summed E-state index contributed by atoms with van der Waals surface area (Å²) in [5.74, 6) is -0.0602. The summed E-state index contributed by atoms with van der Waals surface area (Å²) in [6.07, 6.45) is 6.67. The minimum Gasteiger partial charge on any atom is -0.377 e.